The van der Waals surface area contributed by atoms with E-state index in [1.165, 1.54) is 19.3 Å². The Morgan fingerprint density at radius 2 is 1.61 bits per heavy atom. The predicted molar refractivity (Wildman–Crippen MR) is 112 cm³/mol. The third-order valence-corrected chi connectivity index (χ3v) is 4.24. The van der Waals surface area contributed by atoms with Crippen LogP contribution in [-0.2, 0) is 20.7 Å². The van der Waals surface area contributed by atoms with Crippen molar-refractivity contribution in [3.05, 3.63) is 35.9 Å². The van der Waals surface area contributed by atoms with Crippen LogP contribution >= 0.6 is 0 Å². The van der Waals surface area contributed by atoms with Gasteiger partial charge in [-0.05, 0) is 17.4 Å². The zero-order valence-electron chi connectivity index (χ0n) is 18.0. The predicted octanol–water partition coefficient (Wildman–Crippen LogP) is 5.27. The Morgan fingerprint density at radius 1 is 0.964 bits per heavy atom. The highest BCUT2D eigenvalue weighted by Crippen LogP contribution is 2.13. The maximum absolute atomic E-state index is 12.5. The normalized spacial score (nSPS) is 12.3. The van der Waals surface area contributed by atoms with Crippen LogP contribution in [0.2, 0.25) is 0 Å². The van der Waals surface area contributed by atoms with Gasteiger partial charge in [0, 0.05) is 6.42 Å². The number of alkyl carbamates (subject to hydrolysis) is 1. The molecule has 1 atom stereocenters. The number of carbonyl (C=O) groups is 2. The number of benzene rings is 1. The first kappa shape index (κ1) is 24.0. The lowest BCUT2D eigenvalue weighted by molar-refractivity contribution is -0.146. The summed E-state index contributed by atoms with van der Waals surface area (Å²) in [5.41, 5.74) is 0.824. The van der Waals surface area contributed by atoms with Crippen molar-refractivity contribution < 1.29 is 19.1 Å². The zero-order chi connectivity index (χ0) is 20.8. The number of rotatable bonds is 12. The molecule has 0 saturated carbocycles. The van der Waals surface area contributed by atoms with Crippen molar-refractivity contribution in [2.75, 3.05) is 13.2 Å². The van der Waals surface area contributed by atoms with Crippen molar-refractivity contribution in [2.24, 2.45) is 5.41 Å². The van der Waals surface area contributed by atoms with Crippen LogP contribution in [0.4, 0.5) is 4.79 Å². The van der Waals surface area contributed by atoms with Crippen LogP contribution < -0.4 is 5.32 Å². The van der Waals surface area contributed by atoms with Gasteiger partial charge in [0.05, 0.1) is 13.2 Å². The van der Waals surface area contributed by atoms with E-state index in [0.29, 0.717) is 13.0 Å². The Balaban J connectivity index is 2.52. The van der Waals surface area contributed by atoms with E-state index in [0.717, 1.165) is 24.8 Å². The lowest BCUT2D eigenvalue weighted by atomic mass is 9.99. The largest absolute Gasteiger partial charge is 0.464 e. The van der Waals surface area contributed by atoms with E-state index in [1.807, 2.05) is 51.1 Å². The summed E-state index contributed by atoms with van der Waals surface area (Å²) >= 11 is 0. The lowest BCUT2D eigenvalue weighted by Crippen LogP contribution is -2.44. The van der Waals surface area contributed by atoms with Crippen molar-refractivity contribution in [1.29, 1.82) is 0 Å². The molecule has 0 aliphatic heterocycles. The summed E-state index contributed by atoms with van der Waals surface area (Å²) in [5, 5.41) is 2.67. The van der Waals surface area contributed by atoms with Crippen molar-refractivity contribution >= 4 is 12.1 Å². The minimum absolute atomic E-state index is 0.134. The second kappa shape index (κ2) is 13.2. The molecule has 1 unspecified atom stereocenters. The molecule has 0 aliphatic carbocycles. The van der Waals surface area contributed by atoms with Gasteiger partial charge in [-0.2, -0.15) is 0 Å². The van der Waals surface area contributed by atoms with Gasteiger partial charge >= 0.3 is 12.1 Å². The topological polar surface area (TPSA) is 64.6 Å². The quantitative estimate of drug-likeness (QED) is 0.389. The molecule has 0 aliphatic rings. The highest BCUT2D eigenvalue weighted by molar-refractivity contribution is 5.81. The molecule has 1 rings (SSSR count). The molecular weight excluding hydrogens is 354 g/mol. The van der Waals surface area contributed by atoms with Gasteiger partial charge in [0.15, 0.2) is 0 Å². The fourth-order valence-corrected chi connectivity index (χ4v) is 2.66. The maximum Gasteiger partial charge on any atom is 0.407 e. The Hall–Kier alpha value is -2.04. The number of nitrogens with one attached hydrogen (secondary N) is 1. The molecule has 0 heterocycles. The van der Waals surface area contributed by atoms with Crippen LogP contribution in [0.5, 0.6) is 0 Å². The van der Waals surface area contributed by atoms with Gasteiger partial charge in [0.1, 0.15) is 6.04 Å². The van der Waals surface area contributed by atoms with Crippen LogP contribution in [0.3, 0.4) is 0 Å². The van der Waals surface area contributed by atoms with Crippen LogP contribution in [0.1, 0.15) is 71.8 Å². The fourth-order valence-electron chi connectivity index (χ4n) is 2.66. The smallest absolute Gasteiger partial charge is 0.407 e. The van der Waals surface area contributed by atoms with Gasteiger partial charge in [-0.3, -0.25) is 0 Å². The van der Waals surface area contributed by atoms with Crippen molar-refractivity contribution in [1.82, 2.24) is 5.32 Å². The molecular formula is C23H37NO4. The summed E-state index contributed by atoms with van der Waals surface area (Å²) in [6.07, 6.45) is 6.54. The number of hydrogen-bond acceptors (Lipinski definition) is 4. The van der Waals surface area contributed by atoms with Crippen molar-refractivity contribution in [2.45, 2.75) is 78.7 Å². The monoisotopic (exact) mass is 391 g/mol. The number of amides is 1. The molecule has 1 amide bonds. The van der Waals surface area contributed by atoms with E-state index in [2.05, 4.69) is 12.2 Å². The summed E-state index contributed by atoms with van der Waals surface area (Å²) in [7, 11) is 0. The Bertz CT molecular complexity index is 566. The van der Waals surface area contributed by atoms with Gasteiger partial charge < -0.3 is 14.8 Å². The molecule has 5 nitrogen and oxygen atoms in total. The maximum atomic E-state index is 12.5. The molecule has 0 aromatic heterocycles. The summed E-state index contributed by atoms with van der Waals surface area (Å²) < 4.78 is 10.7. The average Bonchev–Trinajstić information content (AvgIpc) is 2.65. The minimum atomic E-state index is -0.755. The number of carbonyl (C=O) groups excluding carboxylic acids is 2. The lowest BCUT2D eigenvalue weighted by Gasteiger charge is -2.21. The van der Waals surface area contributed by atoms with Gasteiger partial charge in [-0.1, -0.05) is 90.1 Å². The fraction of sp³-hybridized carbons (Fsp3) is 0.652. The van der Waals surface area contributed by atoms with E-state index in [1.54, 1.807) is 0 Å². The van der Waals surface area contributed by atoms with Gasteiger partial charge in [-0.15, -0.1) is 0 Å². The first-order valence-corrected chi connectivity index (χ1v) is 10.5. The van der Waals surface area contributed by atoms with Crippen LogP contribution in [-0.4, -0.2) is 31.3 Å². The van der Waals surface area contributed by atoms with Crippen LogP contribution in [0, 0.1) is 5.41 Å². The summed E-state index contributed by atoms with van der Waals surface area (Å²) in [6.45, 7) is 8.80. The molecule has 1 aromatic carbocycles. The van der Waals surface area contributed by atoms with E-state index in [-0.39, 0.29) is 12.0 Å². The number of ether oxygens (including phenoxy) is 2. The highest BCUT2D eigenvalue weighted by atomic mass is 16.6. The van der Waals surface area contributed by atoms with E-state index < -0.39 is 18.1 Å². The average molecular weight is 392 g/mol. The van der Waals surface area contributed by atoms with Gasteiger partial charge in [0.2, 0.25) is 0 Å². The van der Waals surface area contributed by atoms with E-state index in [9.17, 15) is 9.59 Å². The summed E-state index contributed by atoms with van der Waals surface area (Å²) in [5.74, 6) is -0.412. The Labute approximate surface area is 170 Å². The molecule has 0 spiro atoms. The second-order valence-electron chi connectivity index (χ2n) is 8.46. The van der Waals surface area contributed by atoms with Crippen molar-refractivity contribution in [3.63, 3.8) is 0 Å². The summed E-state index contributed by atoms with van der Waals surface area (Å²) in [4.78, 5) is 24.7. The Morgan fingerprint density at radius 3 is 2.25 bits per heavy atom. The van der Waals surface area contributed by atoms with Crippen LogP contribution in [0.25, 0.3) is 0 Å². The molecule has 0 radical (unpaired) electrons. The molecule has 28 heavy (non-hydrogen) atoms. The first-order chi connectivity index (χ1) is 13.3. The minimum Gasteiger partial charge on any atom is -0.464 e. The van der Waals surface area contributed by atoms with Gasteiger partial charge in [0.25, 0.3) is 0 Å². The second-order valence-corrected chi connectivity index (χ2v) is 8.46. The highest BCUT2D eigenvalue weighted by Gasteiger charge is 2.24. The molecule has 0 bridgehead atoms. The molecule has 0 fully saturated rings. The third-order valence-electron chi connectivity index (χ3n) is 4.24. The standard InChI is InChI=1S/C23H37NO4/c1-5-6-7-8-9-13-16-27-21(25)20(17-19-14-11-10-12-15-19)24-22(26)28-18-23(2,3)4/h10-12,14-15,20H,5-9,13,16-18H2,1-4H3,(H,24,26). The zero-order valence-corrected chi connectivity index (χ0v) is 18.0. The Kier molecular flexibility index (Phi) is 11.3. The van der Waals surface area contributed by atoms with E-state index in [4.69, 9.17) is 9.47 Å². The molecule has 1 N–H and O–H groups in total. The number of hydrogen-bond donors (Lipinski definition) is 1. The first-order valence-electron chi connectivity index (χ1n) is 10.5. The summed E-state index contributed by atoms with van der Waals surface area (Å²) in [6, 6.07) is 8.83. The molecule has 158 valence electrons. The van der Waals surface area contributed by atoms with Crippen LogP contribution in [0.15, 0.2) is 30.3 Å². The third kappa shape index (κ3) is 11.6. The van der Waals surface area contributed by atoms with E-state index >= 15 is 0 Å². The molecule has 1 aromatic rings. The van der Waals surface area contributed by atoms with Crippen molar-refractivity contribution in [3.8, 4) is 0 Å². The SMILES string of the molecule is CCCCCCCCOC(=O)C(Cc1ccccc1)NC(=O)OCC(C)(C)C. The molecule has 0 saturated heterocycles. The number of esters is 1. The molecule has 5 heteroatoms. The number of unbranched alkanes of at least 4 members (excludes halogenated alkanes) is 5. The van der Waals surface area contributed by atoms with Gasteiger partial charge in [-0.25, -0.2) is 9.59 Å².